The van der Waals surface area contributed by atoms with E-state index in [4.69, 9.17) is 4.74 Å². The molecule has 94 valence electrons. The predicted octanol–water partition coefficient (Wildman–Crippen LogP) is 4.96. The molecule has 0 saturated carbocycles. The first-order chi connectivity index (χ1) is 8.60. The molecule has 2 rings (SSSR count). The van der Waals surface area contributed by atoms with Gasteiger partial charge in [0.05, 0.1) is 0 Å². The van der Waals surface area contributed by atoms with Crippen LogP contribution in [0.25, 0.3) is 0 Å². The molecule has 0 atom stereocenters. The molecule has 0 aliphatic carbocycles. The monoisotopic (exact) mass is 312 g/mol. The van der Waals surface area contributed by atoms with Crippen molar-refractivity contribution in [3.63, 3.8) is 0 Å². The fourth-order valence-corrected chi connectivity index (χ4v) is 2.03. The minimum absolute atomic E-state index is 0.0162. The molecule has 0 saturated heterocycles. The smallest absolute Gasteiger partial charge is 0.168 e. The summed E-state index contributed by atoms with van der Waals surface area (Å²) in [7, 11) is 0. The van der Waals surface area contributed by atoms with Gasteiger partial charge in [-0.3, -0.25) is 0 Å². The van der Waals surface area contributed by atoms with Gasteiger partial charge >= 0.3 is 0 Å². The van der Waals surface area contributed by atoms with E-state index in [0.29, 0.717) is 11.1 Å². The minimum atomic E-state index is -0.712. The summed E-state index contributed by atoms with van der Waals surface area (Å²) < 4.78 is 31.7. The van der Waals surface area contributed by atoms with Crippen LogP contribution < -0.4 is 4.74 Å². The molecule has 4 heteroatoms. The Kier molecular flexibility index (Phi) is 3.97. The summed E-state index contributed by atoms with van der Waals surface area (Å²) in [6.07, 6.45) is 0. The number of hydrogen-bond donors (Lipinski definition) is 0. The molecule has 2 aromatic carbocycles. The van der Waals surface area contributed by atoms with Crippen LogP contribution in [0.1, 0.15) is 11.1 Å². The maximum atomic E-state index is 13.5. The molecule has 0 N–H and O–H groups in total. The van der Waals surface area contributed by atoms with Crippen molar-refractivity contribution in [1.29, 1.82) is 0 Å². The van der Waals surface area contributed by atoms with Crippen molar-refractivity contribution in [2.75, 3.05) is 0 Å². The second-order valence-electron chi connectivity index (χ2n) is 3.92. The van der Waals surface area contributed by atoms with Crippen molar-refractivity contribution in [3.05, 3.63) is 59.2 Å². The Labute approximate surface area is 113 Å². The van der Waals surface area contributed by atoms with Crippen LogP contribution in [0, 0.1) is 18.6 Å². The highest BCUT2D eigenvalue weighted by molar-refractivity contribution is 9.08. The molecular weight excluding hydrogens is 302 g/mol. The summed E-state index contributed by atoms with van der Waals surface area (Å²) in [5, 5.41) is 0.604. The highest BCUT2D eigenvalue weighted by atomic mass is 79.9. The number of alkyl halides is 1. The average molecular weight is 313 g/mol. The van der Waals surface area contributed by atoms with Crippen molar-refractivity contribution in [3.8, 4) is 11.5 Å². The summed E-state index contributed by atoms with van der Waals surface area (Å²) in [4.78, 5) is 0. The maximum absolute atomic E-state index is 13.5. The largest absolute Gasteiger partial charge is 0.454 e. The van der Waals surface area contributed by atoms with Crippen molar-refractivity contribution < 1.29 is 13.5 Å². The number of rotatable bonds is 3. The lowest BCUT2D eigenvalue weighted by Crippen LogP contribution is -1.93. The molecule has 18 heavy (non-hydrogen) atoms. The number of ether oxygens (including phenoxy) is 1. The predicted molar refractivity (Wildman–Crippen MR) is 70.2 cm³/mol. The minimum Gasteiger partial charge on any atom is -0.454 e. The number of hydrogen-bond acceptors (Lipinski definition) is 1. The molecule has 0 radical (unpaired) electrons. The standard InChI is InChI=1S/C14H11BrF2O/c1-9-2-4-13(10(6-9)8-15)18-14-5-3-11(16)7-12(14)17/h2-7H,8H2,1H3. The fourth-order valence-electron chi connectivity index (χ4n) is 1.59. The number of aryl methyl sites for hydroxylation is 1. The van der Waals surface area contributed by atoms with Gasteiger partial charge in [-0.15, -0.1) is 0 Å². The first-order valence-corrected chi connectivity index (χ1v) is 6.50. The van der Waals surface area contributed by atoms with Gasteiger partial charge in [0, 0.05) is 17.0 Å². The van der Waals surface area contributed by atoms with Crippen LogP contribution >= 0.6 is 15.9 Å². The van der Waals surface area contributed by atoms with Gasteiger partial charge in [0.25, 0.3) is 0 Å². The van der Waals surface area contributed by atoms with Crippen LogP contribution in [0.2, 0.25) is 0 Å². The van der Waals surface area contributed by atoms with E-state index in [1.807, 2.05) is 19.1 Å². The lowest BCUT2D eigenvalue weighted by atomic mass is 10.1. The SMILES string of the molecule is Cc1ccc(Oc2ccc(F)cc2F)c(CBr)c1. The zero-order chi connectivity index (χ0) is 13.1. The second-order valence-corrected chi connectivity index (χ2v) is 4.48. The summed E-state index contributed by atoms with van der Waals surface area (Å²) in [6.45, 7) is 1.97. The van der Waals surface area contributed by atoms with Gasteiger partial charge in [0.1, 0.15) is 11.6 Å². The van der Waals surface area contributed by atoms with Gasteiger partial charge in [-0.2, -0.15) is 0 Å². The van der Waals surface area contributed by atoms with Crippen LogP contribution in [-0.4, -0.2) is 0 Å². The van der Waals surface area contributed by atoms with Gasteiger partial charge in [-0.25, -0.2) is 8.78 Å². The van der Waals surface area contributed by atoms with E-state index in [1.54, 1.807) is 6.07 Å². The van der Waals surface area contributed by atoms with Crippen molar-refractivity contribution in [2.24, 2.45) is 0 Å². The highest BCUT2D eigenvalue weighted by Gasteiger charge is 2.09. The van der Waals surface area contributed by atoms with E-state index in [2.05, 4.69) is 15.9 Å². The van der Waals surface area contributed by atoms with E-state index < -0.39 is 11.6 Å². The maximum Gasteiger partial charge on any atom is 0.168 e. The summed E-state index contributed by atoms with van der Waals surface area (Å²) >= 11 is 3.35. The third kappa shape index (κ3) is 2.88. The first kappa shape index (κ1) is 13.0. The van der Waals surface area contributed by atoms with E-state index in [1.165, 1.54) is 12.1 Å². The summed E-state index contributed by atoms with van der Waals surface area (Å²) in [5.74, 6) is -0.758. The van der Waals surface area contributed by atoms with Gasteiger partial charge < -0.3 is 4.74 Å². The molecule has 0 aromatic heterocycles. The third-order valence-electron chi connectivity index (χ3n) is 2.47. The quantitative estimate of drug-likeness (QED) is 0.728. The highest BCUT2D eigenvalue weighted by Crippen LogP contribution is 2.29. The lowest BCUT2D eigenvalue weighted by Gasteiger charge is -2.11. The topological polar surface area (TPSA) is 9.23 Å². The molecule has 0 unspecified atom stereocenters. The van der Waals surface area contributed by atoms with Gasteiger partial charge in [0.15, 0.2) is 11.6 Å². The Morgan fingerprint density at radius 2 is 1.78 bits per heavy atom. The molecular formula is C14H11BrF2O. The molecule has 0 aliphatic heterocycles. The molecule has 1 nitrogen and oxygen atoms in total. The van der Waals surface area contributed by atoms with E-state index in [9.17, 15) is 8.78 Å². The van der Waals surface area contributed by atoms with Crippen molar-refractivity contribution in [1.82, 2.24) is 0 Å². The molecule has 0 spiro atoms. The lowest BCUT2D eigenvalue weighted by molar-refractivity contribution is 0.435. The van der Waals surface area contributed by atoms with Crippen LogP contribution in [0.4, 0.5) is 8.78 Å². The Morgan fingerprint density at radius 1 is 1.06 bits per heavy atom. The Hall–Kier alpha value is -1.42. The van der Waals surface area contributed by atoms with Crippen molar-refractivity contribution in [2.45, 2.75) is 12.3 Å². The first-order valence-electron chi connectivity index (χ1n) is 5.38. The Bertz CT molecular complexity index is 570. The number of halogens is 3. The van der Waals surface area contributed by atoms with Gasteiger partial charge in [-0.05, 0) is 25.1 Å². The molecule has 0 heterocycles. The van der Waals surface area contributed by atoms with E-state index >= 15 is 0 Å². The zero-order valence-corrected chi connectivity index (χ0v) is 11.3. The van der Waals surface area contributed by atoms with Crippen LogP contribution in [0.15, 0.2) is 36.4 Å². The molecule has 0 aliphatic rings. The van der Waals surface area contributed by atoms with Crippen LogP contribution in [0.5, 0.6) is 11.5 Å². The number of benzene rings is 2. The zero-order valence-electron chi connectivity index (χ0n) is 9.71. The Balaban J connectivity index is 2.33. The molecule has 2 aromatic rings. The van der Waals surface area contributed by atoms with E-state index in [0.717, 1.165) is 17.2 Å². The van der Waals surface area contributed by atoms with Crippen LogP contribution in [0.3, 0.4) is 0 Å². The van der Waals surface area contributed by atoms with Gasteiger partial charge in [0.2, 0.25) is 0 Å². The van der Waals surface area contributed by atoms with Crippen LogP contribution in [-0.2, 0) is 5.33 Å². The fraction of sp³-hybridized carbons (Fsp3) is 0.143. The van der Waals surface area contributed by atoms with Crippen molar-refractivity contribution >= 4 is 15.9 Å². The molecule has 0 amide bonds. The molecule has 0 bridgehead atoms. The normalized spacial score (nSPS) is 10.4. The third-order valence-corrected chi connectivity index (χ3v) is 3.08. The molecule has 0 fully saturated rings. The Morgan fingerprint density at radius 3 is 2.44 bits per heavy atom. The summed E-state index contributed by atoms with van der Waals surface area (Å²) in [5.41, 5.74) is 2.01. The van der Waals surface area contributed by atoms with Gasteiger partial charge in [-0.1, -0.05) is 33.6 Å². The average Bonchev–Trinajstić information content (AvgIpc) is 2.34. The van der Waals surface area contributed by atoms with E-state index in [-0.39, 0.29) is 5.75 Å². The summed E-state index contributed by atoms with van der Waals surface area (Å²) in [6, 6.07) is 8.85. The second kappa shape index (κ2) is 5.48.